The Bertz CT molecular complexity index is 1410. The summed E-state index contributed by atoms with van der Waals surface area (Å²) in [5.74, 6) is -3.10. The van der Waals surface area contributed by atoms with E-state index in [-0.39, 0.29) is 17.7 Å². The quantitative estimate of drug-likeness (QED) is 0.476. The van der Waals surface area contributed by atoms with Gasteiger partial charge in [-0.25, -0.2) is 13.8 Å². The fourth-order valence-corrected chi connectivity index (χ4v) is 3.76. The Hall–Kier alpha value is -3.55. The molecule has 6 nitrogen and oxygen atoms in total. The van der Waals surface area contributed by atoms with E-state index in [1.165, 1.54) is 16.7 Å². The Labute approximate surface area is 184 Å². The molecular weight excluding hydrogens is 412 g/mol. The van der Waals surface area contributed by atoms with Gasteiger partial charge in [0.15, 0.2) is 0 Å². The minimum atomic E-state index is -3.10. The van der Waals surface area contributed by atoms with Gasteiger partial charge in [0.25, 0.3) is 11.5 Å². The standard InChI is InChI=1S/C24H25F2N5O/c1-6-14(2)27-11-16-10-17(24(4,25)26)13-31-22(16)29-21(15(3)23(31)32)18-8-7-9-20-19(18)12-28-30(20)5/h7-10,12-13,27H,2,6,11H2,1,3-5H3. The van der Waals surface area contributed by atoms with Crippen molar-refractivity contribution in [1.29, 1.82) is 0 Å². The summed E-state index contributed by atoms with van der Waals surface area (Å²) >= 11 is 0. The fraction of sp³-hybridized carbons (Fsp3) is 0.292. The van der Waals surface area contributed by atoms with Crippen LogP contribution in [-0.4, -0.2) is 19.2 Å². The van der Waals surface area contributed by atoms with Gasteiger partial charge in [-0.05, 0) is 25.5 Å². The summed E-state index contributed by atoms with van der Waals surface area (Å²) in [4.78, 5) is 18.1. The highest BCUT2D eigenvalue weighted by Gasteiger charge is 2.27. The first-order chi connectivity index (χ1) is 15.1. The van der Waals surface area contributed by atoms with Gasteiger partial charge < -0.3 is 5.32 Å². The largest absolute Gasteiger partial charge is 0.385 e. The molecule has 4 rings (SSSR count). The van der Waals surface area contributed by atoms with Gasteiger partial charge >= 0.3 is 0 Å². The summed E-state index contributed by atoms with van der Waals surface area (Å²) in [5, 5.41) is 8.32. The molecule has 4 aromatic rings. The molecule has 32 heavy (non-hydrogen) atoms. The lowest BCUT2D eigenvalue weighted by Crippen LogP contribution is -2.24. The molecule has 3 heterocycles. The van der Waals surface area contributed by atoms with E-state index in [0.717, 1.165) is 29.1 Å². The normalized spacial score (nSPS) is 11.9. The van der Waals surface area contributed by atoms with Gasteiger partial charge in [0.1, 0.15) is 5.65 Å². The molecule has 0 fully saturated rings. The lowest BCUT2D eigenvalue weighted by molar-refractivity contribution is 0.0169. The smallest absolute Gasteiger partial charge is 0.271 e. The molecule has 0 unspecified atom stereocenters. The monoisotopic (exact) mass is 437 g/mol. The molecule has 0 spiro atoms. The molecule has 1 aromatic carbocycles. The van der Waals surface area contributed by atoms with Gasteiger partial charge in [-0.2, -0.15) is 5.10 Å². The molecule has 0 radical (unpaired) electrons. The Balaban J connectivity index is 2.02. The first-order valence-electron chi connectivity index (χ1n) is 10.4. The van der Waals surface area contributed by atoms with Crippen molar-refractivity contribution >= 4 is 16.6 Å². The number of allylic oxidation sites excluding steroid dienone is 1. The SMILES string of the molecule is C=C(CC)NCc1cc(C(C)(F)F)cn2c(=O)c(C)c(-c3cccc4c3cnn4C)nc12. The molecule has 166 valence electrons. The highest BCUT2D eigenvalue weighted by molar-refractivity contribution is 5.94. The van der Waals surface area contributed by atoms with Crippen molar-refractivity contribution < 1.29 is 8.78 Å². The number of hydrogen-bond donors (Lipinski definition) is 1. The second-order valence-electron chi connectivity index (χ2n) is 8.04. The van der Waals surface area contributed by atoms with E-state index < -0.39 is 5.92 Å². The summed E-state index contributed by atoms with van der Waals surface area (Å²) in [7, 11) is 1.85. The van der Waals surface area contributed by atoms with Crippen molar-refractivity contribution in [1.82, 2.24) is 24.5 Å². The summed E-state index contributed by atoms with van der Waals surface area (Å²) < 4.78 is 31.4. The Morgan fingerprint density at radius 3 is 2.75 bits per heavy atom. The van der Waals surface area contributed by atoms with Gasteiger partial charge in [-0.1, -0.05) is 25.6 Å². The number of nitrogens with one attached hydrogen (secondary N) is 1. The van der Waals surface area contributed by atoms with E-state index in [2.05, 4.69) is 17.0 Å². The minimum absolute atomic E-state index is 0.228. The van der Waals surface area contributed by atoms with E-state index >= 15 is 0 Å². The molecule has 0 amide bonds. The van der Waals surface area contributed by atoms with Crippen molar-refractivity contribution in [3.63, 3.8) is 0 Å². The highest BCUT2D eigenvalue weighted by Crippen LogP contribution is 2.31. The summed E-state index contributed by atoms with van der Waals surface area (Å²) in [5.41, 5.74) is 3.55. The summed E-state index contributed by atoms with van der Waals surface area (Å²) in [6, 6.07) is 7.12. The molecule has 0 aliphatic carbocycles. The van der Waals surface area contributed by atoms with Crippen molar-refractivity contribution in [2.75, 3.05) is 0 Å². The Morgan fingerprint density at radius 2 is 2.06 bits per heavy atom. The van der Waals surface area contributed by atoms with Gasteiger partial charge in [0, 0.05) is 60.1 Å². The molecule has 0 aliphatic heterocycles. The number of nitrogens with zero attached hydrogens (tertiary/aromatic N) is 4. The molecule has 3 aromatic heterocycles. The molecular formula is C24H25F2N5O. The maximum atomic E-state index is 14.2. The highest BCUT2D eigenvalue weighted by atomic mass is 19.3. The van der Waals surface area contributed by atoms with Crippen LogP contribution in [0.4, 0.5) is 8.78 Å². The minimum Gasteiger partial charge on any atom is -0.385 e. The van der Waals surface area contributed by atoms with Crippen LogP contribution < -0.4 is 10.9 Å². The van der Waals surface area contributed by atoms with Gasteiger partial charge in [0.05, 0.1) is 17.4 Å². The zero-order valence-corrected chi connectivity index (χ0v) is 18.5. The third-order valence-corrected chi connectivity index (χ3v) is 5.74. The number of halogens is 2. The number of benzene rings is 1. The number of pyridine rings is 1. The summed E-state index contributed by atoms with van der Waals surface area (Å²) in [6.07, 6.45) is 3.62. The van der Waals surface area contributed by atoms with E-state index in [1.807, 2.05) is 32.2 Å². The van der Waals surface area contributed by atoms with Crippen LogP contribution in [0.5, 0.6) is 0 Å². The lowest BCUT2D eigenvalue weighted by Gasteiger charge is -2.18. The number of rotatable bonds is 6. The Morgan fingerprint density at radius 1 is 1.31 bits per heavy atom. The predicted octanol–water partition coefficient (Wildman–Crippen LogP) is 4.68. The average Bonchev–Trinajstić information content (AvgIpc) is 3.14. The number of fused-ring (bicyclic) bond motifs is 2. The second-order valence-corrected chi connectivity index (χ2v) is 8.04. The van der Waals surface area contributed by atoms with Crippen LogP contribution in [0.25, 0.3) is 27.8 Å². The van der Waals surface area contributed by atoms with E-state index in [0.29, 0.717) is 28.9 Å². The van der Waals surface area contributed by atoms with Crippen molar-refractivity contribution in [3.8, 4) is 11.3 Å². The first kappa shape index (κ1) is 21.7. The van der Waals surface area contributed by atoms with Crippen LogP contribution in [0.15, 0.2) is 53.7 Å². The molecule has 0 saturated carbocycles. The number of aryl methyl sites for hydroxylation is 1. The van der Waals surface area contributed by atoms with Crippen LogP contribution in [0.2, 0.25) is 0 Å². The van der Waals surface area contributed by atoms with Crippen LogP contribution in [0.3, 0.4) is 0 Å². The Kier molecular flexibility index (Phi) is 5.32. The maximum Gasteiger partial charge on any atom is 0.271 e. The molecule has 0 aliphatic rings. The van der Waals surface area contributed by atoms with E-state index in [9.17, 15) is 13.6 Å². The fourth-order valence-electron chi connectivity index (χ4n) is 3.76. The van der Waals surface area contributed by atoms with Crippen molar-refractivity contribution in [2.45, 2.75) is 39.7 Å². The number of alkyl halides is 2. The van der Waals surface area contributed by atoms with Crippen LogP contribution in [0.1, 0.15) is 37.0 Å². The second kappa shape index (κ2) is 7.85. The topological polar surface area (TPSA) is 64.2 Å². The number of hydrogen-bond acceptors (Lipinski definition) is 4. The first-order valence-corrected chi connectivity index (χ1v) is 10.4. The predicted molar refractivity (Wildman–Crippen MR) is 122 cm³/mol. The molecule has 0 atom stereocenters. The van der Waals surface area contributed by atoms with Crippen LogP contribution >= 0.6 is 0 Å². The van der Waals surface area contributed by atoms with Crippen molar-refractivity contribution in [3.05, 3.63) is 76.0 Å². The molecule has 8 heteroatoms. The third kappa shape index (κ3) is 3.66. The molecule has 0 saturated heterocycles. The van der Waals surface area contributed by atoms with E-state index in [4.69, 9.17) is 4.98 Å². The number of aromatic nitrogens is 4. The summed E-state index contributed by atoms with van der Waals surface area (Å²) in [6.45, 7) is 8.58. The zero-order valence-electron chi connectivity index (χ0n) is 18.5. The van der Waals surface area contributed by atoms with Crippen LogP contribution in [0, 0.1) is 6.92 Å². The van der Waals surface area contributed by atoms with Gasteiger partial charge in [-0.15, -0.1) is 0 Å². The van der Waals surface area contributed by atoms with Crippen molar-refractivity contribution in [2.24, 2.45) is 7.05 Å². The molecule has 1 N–H and O–H groups in total. The lowest BCUT2D eigenvalue weighted by atomic mass is 10.0. The zero-order chi connectivity index (χ0) is 23.2. The molecule has 0 bridgehead atoms. The van der Waals surface area contributed by atoms with Gasteiger partial charge in [-0.3, -0.25) is 13.9 Å². The maximum absolute atomic E-state index is 14.2. The van der Waals surface area contributed by atoms with Crippen LogP contribution in [-0.2, 0) is 19.5 Å². The average molecular weight is 437 g/mol. The van der Waals surface area contributed by atoms with Gasteiger partial charge in [0.2, 0.25) is 0 Å². The third-order valence-electron chi connectivity index (χ3n) is 5.74. The van der Waals surface area contributed by atoms with E-state index in [1.54, 1.807) is 17.8 Å².